The Kier molecular flexibility index (Phi) is 5.80. The number of hydrogen-bond acceptors (Lipinski definition) is 7. The number of amides is 2. The lowest BCUT2D eigenvalue weighted by Crippen LogP contribution is -2.46. The first-order chi connectivity index (χ1) is 14.6. The molecule has 0 aliphatic carbocycles. The molecule has 1 aromatic carbocycles. The van der Waals surface area contributed by atoms with Crippen LogP contribution in [0, 0.1) is 0 Å². The molecule has 1 unspecified atom stereocenters. The van der Waals surface area contributed by atoms with Crippen LogP contribution in [0.15, 0.2) is 30.6 Å². The number of nitrogens with one attached hydrogen (secondary N) is 2. The first-order valence-corrected chi connectivity index (χ1v) is 10.2. The van der Waals surface area contributed by atoms with E-state index >= 15 is 0 Å². The highest BCUT2D eigenvalue weighted by molar-refractivity contribution is 5.97. The van der Waals surface area contributed by atoms with Gasteiger partial charge in [-0.1, -0.05) is 13.0 Å². The van der Waals surface area contributed by atoms with Crippen molar-refractivity contribution in [3.63, 3.8) is 0 Å². The monoisotopic (exact) mass is 410 g/mol. The third kappa shape index (κ3) is 4.20. The molecule has 1 aromatic heterocycles. The van der Waals surface area contributed by atoms with Gasteiger partial charge in [-0.2, -0.15) is 0 Å². The number of carbonyl (C=O) groups is 2. The Morgan fingerprint density at radius 3 is 2.63 bits per heavy atom. The molecule has 2 aliphatic heterocycles. The normalized spacial score (nSPS) is 18.9. The van der Waals surface area contributed by atoms with E-state index in [1.54, 1.807) is 19.4 Å². The van der Waals surface area contributed by atoms with E-state index in [2.05, 4.69) is 36.5 Å². The van der Waals surface area contributed by atoms with Crippen LogP contribution < -0.4 is 20.3 Å². The number of anilines is 2. The number of ether oxygens (including phenoxy) is 1. The summed E-state index contributed by atoms with van der Waals surface area (Å²) in [6.45, 7) is 6.24. The van der Waals surface area contributed by atoms with Gasteiger partial charge in [-0.3, -0.25) is 14.5 Å². The highest BCUT2D eigenvalue weighted by atomic mass is 16.5. The molecule has 1 saturated heterocycles. The summed E-state index contributed by atoms with van der Waals surface area (Å²) in [6.07, 6.45) is 3.63. The number of fused-ring (bicyclic) bond motifs is 1. The van der Waals surface area contributed by atoms with Gasteiger partial charge in [-0.05, 0) is 24.1 Å². The SMILES string of the molecule is CCC1Oc2ccc(CN3CCN(c4cnc(C(=O)NC)nc4)CC3)cc2NC1=O. The maximum atomic E-state index is 12.1. The lowest BCUT2D eigenvalue weighted by molar-refractivity contribution is -0.123. The van der Waals surface area contributed by atoms with Crippen molar-refractivity contribution in [2.75, 3.05) is 43.4 Å². The van der Waals surface area contributed by atoms with Crippen molar-refractivity contribution in [3.05, 3.63) is 42.0 Å². The van der Waals surface area contributed by atoms with Gasteiger partial charge in [-0.25, -0.2) is 9.97 Å². The van der Waals surface area contributed by atoms with Crippen molar-refractivity contribution in [1.82, 2.24) is 20.2 Å². The molecule has 0 saturated carbocycles. The lowest BCUT2D eigenvalue weighted by atomic mass is 10.1. The Bertz CT molecular complexity index is 925. The maximum Gasteiger partial charge on any atom is 0.288 e. The first kappa shape index (κ1) is 20.1. The summed E-state index contributed by atoms with van der Waals surface area (Å²) in [7, 11) is 1.56. The molecule has 2 aromatic rings. The average Bonchev–Trinajstić information content (AvgIpc) is 2.78. The van der Waals surface area contributed by atoms with Crippen molar-refractivity contribution >= 4 is 23.2 Å². The molecule has 30 heavy (non-hydrogen) atoms. The van der Waals surface area contributed by atoms with Crippen LogP contribution in [0.5, 0.6) is 5.75 Å². The molecule has 0 bridgehead atoms. The molecule has 3 heterocycles. The van der Waals surface area contributed by atoms with E-state index in [1.165, 1.54) is 0 Å². The van der Waals surface area contributed by atoms with E-state index in [0.717, 1.165) is 55.4 Å². The molecule has 0 spiro atoms. The fraction of sp³-hybridized carbons (Fsp3) is 0.429. The van der Waals surface area contributed by atoms with E-state index < -0.39 is 6.10 Å². The Morgan fingerprint density at radius 2 is 1.97 bits per heavy atom. The standard InChI is InChI=1S/C21H26N6O3/c1-3-17-20(28)25-16-10-14(4-5-18(16)30-17)13-26-6-8-27(9-7-26)15-11-23-19(24-12-15)21(29)22-2/h4-5,10-12,17H,3,6-9,13H2,1-2H3,(H,22,29)(H,25,28). The predicted molar refractivity (Wildman–Crippen MR) is 113 cm³/mol. The Morgan fingerprint density at radius 1 is 1.23 bits per heavy atom. The summed E-state index contributed by atoms with van der Waals surface area (Å²) < 4.78 is 5.76. The van der Waals surface area contributed by atoms with Gasteiger partial charge < -0.3 is 20.3 Å². The number of aromatic nitrogens is 2. The molecule has 9 heteroatoms. The molecule has 2 aliphatic rings. The quantitative estimate of drug-likeness (QED) is 0.766. The van der Waals surface area contributed by atoms with Crippen LogP contribution in [-0.2, 0) is 11.3 Å². The minimum absolute atomic E-state index is 0.0829. The summed E-state index contributed by atoms with van der Waals surface area (Å²) in [5, 5.41) is 5.47. The molecule has 4 rings (SSSR count). The molecule has 158 valence electrons. The van der Waals surface area contributed by atoms with E-state index in [0.29, 0.717) is 6.42 Å². The highest BCUT2D eigenvalue weighted by Gasteiger charge is 2.26. The van der Waals surface area contributed by atoms with Gasteiger partial charge in [-0.15, -0.1) is 0 Å². The molecule has 0 radical (unpaired) electrons. The average molecular weight is 410 g/mol. The lowest BCUT2D eigenvalue weighted by Gasteiger charge is -2.36. The van der Waals surface area contributed by atoms with Crippen molar-refractivity contribution < 1.29 is 14.3 Å². The largest absolute Gasteiger partial charge is 0.478 e. The van der Waals surface area contributed by atoms with Crippen molar-refractivity contribution in [2.24, 2.45) is 0 Å². The van der Waals surface area contributed by atoms with Crippen LogP contribution in [0.1, 0.15) is 29.5 Å². The second-order valence-electron chi connectivity index (χ2n) is 7.44. The van der Waals surface area contributed by atoms with Crippen LogP contribution in [0.25, 0.3) is 0 Å². The summed E-state index contributed by atoms with van der Waals surface area (Å²) in [4.78, 5) is 36.5. The van der Waals surface area contributed by atoms with Gasteiger partial charge in [0.2, 0.25) is 5.82 Å². The van der Waals surface area contributed by atoms with Gasteiger partial charge in [0.25, 0.3) is 11.8 Å². The third-order valence-corrected chi connectivity index (χ3v) is 5.45. The molecule has 2 amide bonds. The Hall–Kier alpha value is -3.20. The van der Waals surface area contributed by atoms with Crippen molar-refractivity contribution in [1.29, 1.82) is 0 Å². The third-order valence-electron chi connectivity index (χ3n) is 5.45. The minimum Gasteiger partial charge on any atom is -0.478 e. The van der Waals surface area contributed by atoms with Crippen LogP contribution in [0.3, 0.4) is 0 Å². The Labute approximate surface area is 175 Å². The molecule has 1 atom stereocenters. The molecular weight excluding hydrogens is 384 g/mol. The number of nitrogens with zero attached hydrogens (tertiary/aromatic N) is 4. The highest BCUT2D eigenvalue weighted by Crippen LogP contribution is 2.31. The zero-order valence-corrected chi connectivity index (χ0v) is 17.2. The fourth-order valence-corrected chi connectivity index (χ4v) is 3.70. The number of piperazine rings is 1. The van der Waals surface area contributed by atoms with Gasteiger partial charge >= 0.3 is 0 Å². The van der Waals surface area contributed by atoms with Gasteiger partial charge in [0.1, 0.15) is 5.75 Å². The van der Waals surface area contributed by atoms with E-state index in [1.807, 2.05) is 19.1 Å². The summed E-state index contributed by atoms with van der Waals surface area (Å²) in [6, 6.07) is 5.99. The number of rotatable bonds is 5. The minimum atomic E-state index is -0.411. The molecule has 9 nitrogen and oxygen atoms in total. The second-order valence-corrected chi connectivity index (χ2v) is 7.44. The van der Waals surface area contributed by atoms with Crippen LogP contribution >= 0.6 is 0 Å². The van der Waals surface area contributed by atoms with Crippen molar-refractivity contribution in [2.45, 2.75) is 26.0 Å². The second kappa shape index (κ2) is 8.66. The van der Waals surface area contributed by atoms with Crippen molar-refractivity contribution in [3.8, 4) is 5.75 Å². The summed E-state index contributed by atoms with van der Waals surface area (Å²) >= 11 is 0. The van der Waals surface area contributed by atoms with Gasteiger partial charge in [0.05, 0.1) is 23.8 Å². The summed E-state index contributed by atoms with van der Waals surface area (Å²) in [5.74, 6) is 0.535. The summed E-state index contributed by atoms with van der Waals surface area (Å²) in [5.41, 5.74) is 2.80. The predicted octanol–water partition coefficient (Wildman–Crippen LogP) is 1.27. The zero-order valence-electron chi connectivity index (χ0n) is 17.2. The van der Waals surface area contributed by atoms with Gasteiger partial charge in [0, 0.05) is 39.8 Å². The maximum absolute atomic E-state index is 12.1. The Balaban J connectivity index is 1.34. The number of hydrogen-bond donors (Lipinski definition) is 2. The van der Waals surface area contributed by atoms with E-state index in [4.69, 9.17) is 4.74 Å². The van der Waals surface area contributed by atoms with E-state index in [-0.39, 0.29) is 17.6 Å². The molecular formula is C21H26N6O3. The van der Waals surface area contributed by atoms with Crippen LogP contribution in [0.4, 0.5) is 11.4 Å². The fourth-order valence-electron chi connectivity index (χ4n) is 3.70. The van der Waals surface area contributed by atoms with Gasteiger partial charge in [0.15, 0.2) is 6.10 Å². The molecule has 2 N–H and O–H groups in total. The molecule has 1 fully saturated rings. The number of benzene rings is 1. The van der Waals surface area contributed by atoms with Crippen LogP contribution in [0.2, 0.25) is 0 Å². The zero-order chi connectivity index (χ0) is 21.1. The first-order valence-electron chi connectivity index (χ1n) is 10.2. The van der Waals surface area contributed by atoms with Crippen LogP contribution in [-0.4, -0.2) is 66.0 Å². The topological polar surface area (TPSA) is 99.7 Å². The van der Waals surface area contributed by atoms with E-state index in [9.17, 15) is 9.59 Å². The smallest absolute Gasteiger partial charge is 0.288 e. The number of carbonyl (C=O) groups excluding carboxylic acids is 2.